The average Bonchev–Trinajstić information content (AvgIpc) is 3.65. The zero-order chi connectivity index (χ0) is 26.6. The largest absolute Gasteiger partial charge is 0.396 e. The van der Waals surface area contributed by atoms with Crippen LogP contribution < -0.4 is 15.5 Å². The number of aliphatic hydroxyl groups excluding tert-OH is 1. The van der Waals surface area contributed by atoms with Crippen LogP contribution in [0.25, 0.3) is 16.6 Å². The highest BCUT2D eigenvalue weighted by Crippen LogP contribution is 2.28. The molecule has 0 aliphatic carbocycles. The third-order valence-corrected chi connectivity index (χ3v) is 8.22. The van der Waals surface area contributed by atoms with Crippen LogP contribution in [0.2, 0.25) is 0 Å². The lowest BCUT2D eigenvalue weighted by Crippen LogP contribution is -2.33. The number of aliphatic hydroxyl groups is 1. The van der Waals surface area contributed by atoms with Crippen LogP contribution >= 0.6 is 11.3 Å². The Morgan fingerprint density at radius 3 is 2.36 bits per heavy atom. The Hall–Kier alpha value is -4.14. The fraction of sp³-hybridized carbons (Fsp3) is 0.226. The number of fused-ring (bicyclic) bond motifs is 1. The van der Waals surface area contributed by atoms with Crippen LogP contribution in [0.5, 0.6) is 0 Å². The Balaban J connectivity index is 1.10. The lowest BCUT2D eigenvalue weighted by molar-refractivity contribution is 0.103. The predicted octanol–water partition coefficient (Wildman–Crippen LogP) is 6.68. The highest BCUT2D eigenvalue weighted by molar-refractivity contribution is 7.12. The van der Waals surface area contributed by atoms with Crippen LogP contribution in [0.15, 0.2) is 90.4 Å². The summed E-state index contributed by atoms with van der Waals surface area (Å²) < 4.78 is 1.91. The van der Waals surface area contributed by atoms with E-state index in [9.17, 15) is 9.90 Å². The van der Waals surface area contributed by atoms with Gasteiger partial charge in [-0.3, -0.25) is 4.79 Å². The standard InChI is InChI=1S/C31H31N5O2S/c37-18-15-22-13-16-35(17-14-22)27-8-3-24(4-9-27)33-26-7-12-29-23(20-26)21-32-36(29)28-10-5-25(6-11-28)34-31(38)30-2-1-19-39-30/h1-12,19-22,33,37H,13-18H2,(H,34,38). The summed E-state index contributed by atoms with van der Waals surface area (Å²) in [6.45, 7) is 2.39. The molecule has 8 heteroatoms. The molecule has 198 valence electrons. The van der Waals surface area contributed by atoms with Crippen molar-refractivity contribution in [1.82, 2.24) is 9.78 Å². The minimum atomic E-state index is -0.101. The van der Waals surface area contributed by atoms with E-state index in [0.717, 1.165) is 66.0 Å². The zero-order valence-electron chi connectivity index (χ0n) is 21.6. The van der Waals surface area contributed by atoms with Gasteiger partial charge in [0.15, 0.2) is 0 Å². The number of hydrogen-bond donors (Lipinski definition) is 3. The van der Waals surface area contributed by atoms with Crippen LogP contribution in [0.1, 0.15) is 28.9 Å². The fourth-order valence-corrected chi connectivity index (χ4v) is 5.81. The molecule has 1 saturated heterocycles. The second kappa shape index (κ2) is 11.3. The summed E-state index contributed by atoms with van der Waals surface area (Å²) in [7, 11) is 0. The maximum atomic E-state index is 12.3. The summed E-state index contributed by atoms with van der Waals surface area (Å²) >= 11 is 1.42. The molecule has 1 fully saturated rings. The Kier molecular flexibility index (Phi) is 7.29. The van der Waals surface area contributed by atoms with Crippen LogP contribution in [-0.4, -0.2) is 40.5 Å². The van der Waals surface area contributed by atoms with Crippen molar-refractivity contribution in [2.45, 2.75) is 19.3 Å². The lowest BCUT2D eigenvalue weighted by Gasteiger charge is -2.33. The van der Waals surface area contributed by atoms with E-state index in [4.69, 9.17) is 0 Å². The number of nitrogens with zero attached hydrogens (tertiary/aromatic N) is 3. The van der Waals surface area contributed by atoms with Crippen LogP contribution in [0.3, 0.4) is 0 Å². The third-order valence-electron chi connectivity index (χ3n) is 7.36. The minimum absolute atomic E-state index is 0.101. The molecule has 7 nitrogen and oxygen atoms in total. The molecule has 5 aromatic rings. The highest BCUT2D eigenvalue weighted by Gasteiger charge is 2.19. The monoisotopic (exact) mass is 537 g/mol. The van der Waals surface area contributed by atoms with E-state index >= 15 is 0 Å². The molecule has 0 saturated carbocycles. The first-order valence-electron chi connectivity index (χ1n) is 13.3. The first-order valence-corrected chi connectivity index (χ1v) is 14.2. The number of nitrogens with one attached hydrogen (secondary N) is 2. The number of piperidine rings is 1. The number of carbonyl (C=O) groups excluding carboxylic acids is 1. The number of rotatable bonds is 8. The first kappa shape index (κ1) is 25.2. The fourth-order valence-electron chi connectivity index (χ4n) is 5.19. The molecule has 3 aromatic carbocycles. The lowest BCUT2D eigenvalue weighted by atomic mass is 9.93. The van der Waals surface area contributed by atoms with Gasteiger partial charge in [-0.2, -0.15) is 5.10 Å². The van der Waals surface area contributed by atoms with Crippen molar-refractivity contribution in [2.24, 2.45) is 5.92 Å². The molecule has 2 aromatic heterocycles. The topological polar surface area (TPSA) is 82.4 Å². The molecular weight excluding hydrogens is 506 g/mol. The molecule has 0 unspecified atom stereocenters. The molecule has 0 bridgehead atoms. The Bertz CT molecular complexity index is 1540. The Morgan fingerprint density at radius 1 is 0.923 bits per heavy atom. The molecule has 3 N–H and O–H groups in total. The number of amides is 1. The summed E-state index contributed by atoms with van der Waals surface area (Å²) in [4.78, 5) is 15.4. The van der Waals surface area contributed by atoms with Gasteiger partial charge in [0, 0.05) is 47.8 Å². The van der Waals surface area contributed by atoms with Crippen molar-refractivity contribution in [3.05, 3.63) is 95.3 Å². The van der Waals surface area contributed by atoms with Crippen LogP contribution in [-0.2, 0) is 0 Å². The van der Waals surface area contributed by atoms with E-state index in [0.29, 0.717) is 17.4 Å². The summed E-state index contributed by atoms with van der Waals surface area (Å²) in [6.07, 6.45) is 5.08. The number of hydrogen-bond acceptors (Lipinski definition) is 6. The number of aromatic nitrogens is 2. The van der Waals surface area contributed by atoms with E-state index < -0.39 is 0 Å². The number of anilines is 4. The Labute approximate surface area is 231 Å². The molecule has 0 spiro atoms. The van der Waals surface area contributed by atoms with Gasteiger partial charge in [-0.1, -0.05) is 6.07 Å². The van der Waals surface area contributed by atoms with E-state index in [-0.39, 0.29) is 5.91 Å². The van der Waals surface area contributed by atoms with Crippen molar-refractivity contribution in [3.8, 4) is 5.69 Å². The molecular formula is C31H31N5O2S. The van der Waals surface area contributed by atoms with Crippen molar-refractivity contribution in [3.63, 3.8) is 0 Å². The van der Waals surface area contributed by atoms with E-state index in [1.807, 2.05) is 52.7 Å². The molecule has 39 heavy (non-hydrogen) atoms. The molecule has 1 aliphatic rings. The van der Waals surface area contributed by atoms with Gasteiger partial charge in [0.25, 0.3) is 5.91 Å². The van der Waals surface area contributed by atoms with Gasteiger partial charge in [0.2, 0.25) is 0 Å². The van der Waals surface area contributed by atoms with Crippen LogP contribution in [0.4, 0.5) is 22.7 Å². The Morgan fingerprint density at radius 2 is 1.64 bits per heavy atom. The summed E-state index contributed by atoms with van der Waals surface area (Å²) in [5, 5.41) is 23.2. The summed E-state index contributed by atoms with van der Waals surface area (Å²) in [5.41, 5.74) is 5.98. The maximum absolute atomic E-state index is 12.3. The van der Waals surface area contributed by atoms with Gasteiger partial charge in [-0.05, 0) is 103 Å². The van der Waals surface area contributed by atoms with Gasteiger partial charge in [0.1, 0.15) is 0 Å². The molecule has 3 heterocycles. The second-order valence-electron chi connectivity index (χ2n) is 9.92. The second-order valence-corrected chi connectivity index (χ2v) is 10.9. The SMILES string of the molecule is O=C(Nc1ccc(-n2ncc3cc(Nc4ccc(N5CCC(CCO)CC5)cc4)ccc32)cc1)c1cccs1. The van der Waals surface area contributed by atoms with Crippen molar-refractivity contribution in [2.75, 3.05) is 35.2 Å². The van der Waals surface area contributed by atoms with Gasteiger partial charge in [0.05, 0.1) is 22.3 Å². The smallest absolute Gasteiger partial charge is 0.265 e. The highest BCUT2D eigenvalue weighted by atomic mass is 32.1. The van der Waals surface area contributed by atoms with E-state index in [1.54, 1.807) is 0 Å². The van der Waals surface area contributed by atoms with Gasteiger partial charge >= 0.3 is 0 Å². The molecule has 1 amide bonds. The first-order chi connectivity index (χ1) is 19.2. The van der Waals surface area contributed by atoms with Crippen molar-refractivity contribution >= 4 is 50.9 Å². The molecule has 0 radical (unpaired) electrons. The predicted molar refractivity (Wildman–Crippen MR) is 160 cm³/mol. The van der Waals surface area contributed by atoms with Crippen LogP contribution in [0, 0.1) is 5.92 Å². The normalized spacial score (nSPS) is 14.0. The van der Waals surface area contributed by atoms with Gasteiger partial charge < -0.3 is 20.6 Å². The average molecular weight is 538 g/mol. The zero-order valence-corrected chi connectivity index (χ0v) is 22.4. The number of carbonyl (C=O) groups is 1. The maximum Gasteiger partial charge on any atom is 0.265 e. The quantitative estimate of drug-likeness (QED) is 0.206. The van der Waals surface area contributed by atoms with E-state index in [1.165, 1.54) is 17.0 Å². The third kappa shape index (κ3) is 5.67. The van der Waals surface area contributed by atoms with Crippen molar-refractivity contribution in [1.29, 1.82) is 0 Å². The molecule has 0 atom stereocenters. The minimum Gasteiger partial charge on any atom is -0.396 e. The van der Waals surface area contributed by atoms with E-state index in [2.05, 4.69) is 63.1 Å². The van der Waals surface area contributed by atoms with Gasteiger partial charge in [-0.25, -0.2) is 4.68 Å². The molecule has 1 aliphatic heterocycles. The summed E-state index contributed by atoms with van der Waals surface area (Å²) in [5.74, 6) is 0.547. The number of thiophene rings is 1. The van der Waals surface area contributed by atoms with Crippen molar-refractivity contribution < 1.29 is 9.90 Å². The summed E-state index contributed by atoms with van der Waals surface area (Å²) in [6, 6.07) is 26.2. The van der Waals surface area contributed by atoms with Gasteiger partial charge in [-0.15, -0.1) is 11.3 Å². The molecule has 6 rings (SSSR count). The number of benzene rings is 3.